The molecule has 9 nitrogen and oxygen atoms in total. The van der Waals surface area contributed by atoms with Gasteiger partial charge in [0.25, 0.3) is 5.91 Å². The van der Waals surface area contributed by atoms with Crippen LogP contribution in [-0.4, -0.2) is 90.1 Å². The van der Waals surface area contributed by atoms with Crippen molar-refractivity contribution in [1.82, 2.24) is 20.4 Å². The average molecular weight is 649 g/mol. The first kappa shape index (κ1) is 37.1. The maximum absolute atomic E-state index is 13.8. The number of nitrogens with zero attached hydrogens (tertiary/aromatic N) is 2. The van der Waals surface area contributed by atoms with Crippen LogP contribution in [0.2, 0.25) is 0 Å². The van der Waals surface area contributed by atoms with E-state index >= 15 is 0 Å². The molecule has 3 N–H and O–H groups in total. The van der Waals surface area contributed by atoms with E-state index in [0.717, 1.165) is 83.2 Å². The Kier molecular flexibility index (Phi) is 15.4. The molecule has 4 rings (SSSR count). The fraction of sp³-hybridized carbons (Fsp3) is 0.743. The Morgan fingerprint density at radius 2 is 1.62 bits per heavy atom. The van der Waals surface area contributed by atoms with Crippen molar-refractivity contribution in [3.8, 4) is 5.75 Å². The molecular formula is C35H57ClN4O5. The lowest BCUT2D eigenvalue weighted by molar-refractivity contribution is -0.165. The van der Waals surface area contributed by atoms with Crippen LogP contribution in [-0.2, 0) is 9.59 Å². The number of likely N-dealkylation sites (tertiary alicyclic amines) is 1. The molecule has 1 aliphatic carbocycles. The van der Waals surface area contributed by atoms with Crippen molar-refractivity contribution in [2.24, 2.45) is 5.92 Å². The molecule has 45 heavy (non-hydrogen) atoms. The molecule has 0 radical (unpaired) electrons. The third kappa shape index (κ3) is 9.82. The lowest BCUT2D eigenvalue weighted by Crippen LogP contribution is -2.75. The number of benzene rings is 1. The Morgan fingerprint density at radius 3 is 2.27 bits per heavy atom. The molecule has 2 saturated heterocycles. The van der Waals surface area contributed by atoms with Crippen LogP contribution in [0.25, 0.3) is 0 Å². The first-order valence-corrected chi connectivity index (χ1v) is 17.4. The fourth-order valence-corrected chi connectivity index (χ4v) is 7.28. The third-order valence-corrected chi connectivity index (χ3v) is 10.1. The van der Waals surface area contributed by atoms with Gasteiger partial charge in [-0.1, -0.05) is 58.3 Å². The zero-order valence-electron chi connectivity index (χ0n) is 27.6. The molecule has 10 heteroatoms. The highest BCUT2D eigenvalue weighted by atomic mass is 35.5. The van der Waals surface area contributed by atoms with Crippen molar-refractivity contribution in [3.05, 3.63) is 29.8 Å². The summed E-state index contributed by atoms with van der Waals surface area (Å²) in [6, 6.07) is 6.43. The van der Waals surface area contributed by atoms with Gasteiger partial charge in [0.15, 0.2) is 0 Å². The Bertz CT molecular complexity index is 1060. The van der Waals surface area contributed by atoms with Gasteiger partial charge in [-0.25, -0.2) is 0 Å². The molecule has 0 aromatic heterocycles. The van der Waals surface area contributed by atoms with Crippen molar-refractivity contribution in [2.75, 3.05) is 39.8 Å². The number of nitrogens with one attached hydrogen (secondary N) is 2. The summed E-state index contributed by atoms with van der Waals surface area (Å²) in [7, 11) is 1.62. The minimum absolute atomic E-state index is 0. The van der Waals surface area contributed by atoms with E-state index in [1.54, 1.807) is 19.2 Å². The van der Waals surface area contributed by atoms with Crippen LogP contribution in [0, 0.1) is 5.92 Å². The number of hydrogen-bond donors (Lipinski definition) is 3. The predicted octanol–water partition coefficient (Wildman–Crippen LogP) is 5.09. The summed E-state index contributed by atoms with van der Waals surface area (Å²) in [6.45, 7) is 6.05. The smallest absolute Gasteiger partial charge is 0.251 e. The quantitative estimate of drug-likeness (QED) is 0.215. The van der Waals surface area contributed by atoms with Crippen molar-refractivity contribution < 1.29 is 24.2 Å². The first-order chi connectivity index (χ1) is 21.4. The van der Waals surface area contributed by atoms with E-state index in [0.29, 0.717) is 31.6 Å². The highest BCUT2D eigenvalue weighted by Crippen LogP contribution is 2.36. The van der Waals surface area contributed by atoms with E-state index in [1.807, 2.05) is 17.0 Å². The molecule has 3 aliphatic rings. The van der Waals surface area contributed by atoms with Crippen LogP contribution in [0.5, 0.6) is 5.75 Å². The van der Waals surface area contributed by atoms with Crippen molar-refractivity contribution in [3.63, 3.8) is 0 Å². The number of hydrogen-bond acceptors (Lipinski definition) is 6. The van der Waals surface area contributed by atoms with Crippen LogP contribution in [0.15, 0.2) is 24.3 Å². The molecule has 254 valence electrons. The van der Waals surface area contributed by atoms with Gasteiger partial charge >= 0.3 is 0 Å². The number of unbranched alkanes of at least 4 members (excludes halogenated alkanes) is 6. The molecule has 1 spiro atoms. The van der Waals surface area contributed by atoms with Gasteiger partial charge in [-0.3, -0.25) is 14.4 Å². The van der Waals surface area contributed by atoms with E-state index in [1.165, 1.54) is 25.7 Å². The molecule has 2 atom stereocenters. The Labute approximate surface area is 276 Å². The van der Waals surface area contributed by atoms with Crippen LogP contribution in [0.4, 0.5) is 0 Å². The zero-order chi connectivity index (χ0) is 31.4. The van der Waals surface area contributed by atoms with E-state index < -0.39 is 17.7 Å². The molecule has 1 aromatic rings. The monoisotopic (exact) mass is 648 g/mol. The van der Waals surface area contributed by atoms with Crippen molar-refractivity contribution in [2.45, 2.75) is 121 Å². The Hall–Kier alpha value is -2.36. The largest absolute Gasteiger partial charge is 0.494 e. The molecule has 2 heterocycles. The van der Waals surface area contributed by atoms with Crippen LogP contribution in [0.3, 0.4) is 0 Å². The Morgan fingerprint density at radius 1 is 0.978 bits per heavy atom. The number of piperidine rings is 1. The number of carbonyl (C=O) groups is 3. The molecule has 2 aliphatic heterocycles. The highest BCUT2D eigenvalue weighted by Gasteiger charge is 2.55. The number of aliphatic hydroxyl groups is 1. The van der Waals surface area contributed by atoms with Crippen LogP contribution < -0.4 is 15.4 Å². The second kappa shape index (κ2) is 18.7. The van der Waals surface area contributed by atoms with Crippen LogP contribution in [0.1, 0.15) is 114 Å². The molecule has 1 saturated carbocycles. The number of ether oxygens (including phenoxy) is 1. The number of halogens is 1. The van der Waals surface area contributed by atoms with Gasteiger partial charge in [-0.05, 0) is 81.7 Å². The molecular weight excluding hydrogens is 592 g/mol. The van der Waals surface area contributed by atoms with E-state index in [-0.39, 0.29) is 36.0 Å². The number of amides is 3. The van der Waals surface area contributed by atoms with Gasteiger partial charge < -0.3 is 30.3 Å². The number of rotatable bonds is 16. The van der Waals surface area contributed by atoms with Gasteiger partial charge in [0.1, 0.15) is 17.3 Å². The summed E-state index contributed by atoms with van der Waals surface area (Å²) in [5, 5.41) is 16.8. The van der Waals surface area contributed by atoms with Gasteiger partial charge in [0.2, 0.25) is 11.8 Å². The summed E-state index contributed by atoms with van der Waals surface area (Å²) in [5.41, 5.74) is -0.147. The predicted molar refractivity (Wildman–Crippen MR) is 180 cm³/mol. The highest BCUT2D eigenvalue weighted by molar-refractivity contribution is 6.00. The lowest BCUT2D eigenvalue weighted by atomic mass is 9.78. The maximum Gasteiger partial charge on any atom is 0.251 e. The third-order valence-electron chi connectivity index (χ3n) is 10.1. The molecule has 3 amide bonds. The van der Waals surface area contributed by atoms with Gasteiger partial charge in [-0.15, -0.1) is 12.4 Å². The molecule has 0 bridgehead atoms. The van der Waals surface area contributed by atoms with E-state index in [4.69, 9.17) is 4.74 Å². The minimum atomic E-state index is -0.806. The molecule has 3 fully saturated rings. The zero-order valence-corrected chi connectivity index (χ0v) is 28.4. The Balaban J connectivity index is 0.00000552. The number of carbonyl (C=O) groups excluding carboxylic acids is 3. The number of aliphatic hydroxyl groups excluding tert-OH is 1. The van der Waals surface area contributed by atoms with Gasteiger partial charge in [0, 0.05) is 32.2 Å². The fourth-order valence-electron chi connectivity index (χ4n) is 7.28. The summed E-state index contributed by atoms with van der Waals surface area (Å²) < 4.78 is 5.81. The van der Waals surface area contributed by atoms with Crippen molar-refractivity contribution in [1.29, 1.82) is 0 Å². The van der Waals surface area contributed by atoms with Gasteiger partial charge in [0.05, 0.1) is 12.7 Å². The number of piperazine rings is 1. The lowest BCUT2D eigenvalue weighted by Gasteiger charge is -2.52. The minimum Gasteiger partial charge on any atom is -0.494 e. The van der Waals surface area contributed by atoms with Gasteiger partial charge in [-0.2, -0.15) is 0 Å². The topological polar surface area (TPSA) is 111 Å². The van der Waals surface area contributed by atoms with Crippen molar-refractivity contribution >= 4 is 30.1 Å². The van der Waals surface area contributed by atoms with E-state index in [9.17, 15) is 19.5 Å². The SMILES string of the molecule is CCCCN1C(=O)[C@@H]([C@H](O)C2CCCCC2)NC(=O)C12CCN(CCCCCCCCOc1ccc(C(=O)NC)cc1)CC2.Cl. The standard InChI is InChI=1S/C35H56N4O5.ClH/c1-3-4-23-39-33(42)30(31(40)27-14-10-9-11-15-27)37-34(43)35(39)20-24-38(25-21-35)22-12-7-5-6-8-13-26-44-29-18-16-28(17-19-29)32(41)36-2;/h16-19,27,30-31,40H,3-15,20-26H2,1-2H3,(H,36,41)(H,37,43);1H/t30-,31-;/m1./s1. The summed E-state index contributed by atoms with van der Waals surface area (Å²) in [5.74, 6) is 0.658. The maximum atomic E-state index is 13.8. The average Bonchev–Trinajstić information content (AvgIpc) is 3.06. The van der Waals surface area contributed by atoms with E-state index in [2.05, 4.69) is 22.5 Å². The first-order valence-electron chi connectivity index (χ1n) is 17.4. The molecule has 1 aromatic carbocycles. The second-order valence-corrected chi connectivity index (χ2v) is 13.1. The van der Waals surface area contributed by atoms with Crippen LogP contribution >= 0.6 is 12.4 Å². The second-order valence-electron chi connectivity index (χ2n) is 13.1. The summed E-state index contributed by atoms with van der Waals surface area (Å²) in [6.07, 6.45) is 14.4. The summed E-state index contributed by atoms with van der Waals surface area (Å²) >= 11 is 0. The molecule has 0 unspecified atom stereocenters. The normalized spacial score (nSPS) is 21.2. The summed E-state index contributed by atoms with van der Waals surface area (Å²) in [4.78, 5) is 43.4.